The normalized spacial score (nSPS) is 12.2. The second kappa shape index (κ2) is 6.51. The van der Waals surface area contributed by atoms with Crippen molar-refractivity contribution in [3.63, 3.8) is 0 Å². The molecule has 16 heavy (non-hydrogen) atoms. The van der Waals surface area contributed by atoms with Gasteiger partial charge in [0, 0.05) is 18.6 Å². The Hall–Kier alpha value is -1.06. The highest BCUT2D eigenvalue weighted by atomic mass is 35.5. The molecule has 1 atom stereocenters. The third kappa shape index (κ3) is 3.83. The number of nitrogens with one attached hydrogen (secondary N) is 1. The molecule has 0 heterocycles. The molecule has 1 amide bonds. The molecule has 1 unspecified atom stereocenters. The summed E-state index contributed by atoms with van der Waals surface area (Å²) in [5, 5.41) is 2.81. The Morgan fingerprint density at radius 3 is 2.56 bits per heavy atom. The van der Waals surface area contributed by atoms with Crippen LogP contribution in [0, 0.1) is 6.92 Å². The van der Waals surface area contributed by atoms with Crippen LogP contribution < -0.4 is 5.32 Å². The van der Waals surface area contributed by atoms with Crippen LogP contribution in [0.3, 0.4) is 0 Å². The van der Waals surface area contributed by atoms with Crippen LogP contribution in [0.5, 0.6) is 0 Å². The molecule has 4 heteroatoms. The van der Waals surface area contributed by atoms with Crippen LogP contribution in [0.15, 0.2) is 24.3 Å². The van der Waals surface area contributed by atoms with Gasteiger partial charge in [-0.05, 0) is 19.1 Å². The molecule has 0 aliphatic heterocycles. The summed E-state index contributed by atoms with van der Waals surface area (Å²) in [6, 6.07) is 7.24. The van der Waals surface area contributed by atoms with Crippen molar-refractivity contribution in [3.05, 3.63) is 35.4 Å². The number of alkyl halides is 1. The van der Waals surface area contributed by atoms with Gasteiger partial charge in [0.25, 0.3) is 5.91 Å². The van der Waals surface area contributed by atoms with Gasteiger partial charge in [-0.15, -0.1) is 11.6 Å². The molecule has 0 aromatic heterocycles. The van der Waals surface area contributed by atoms with Crippen molar-refractivity contribution in [3.8, 4) is 0 Å². The van der Waals surface area contributed by atoms with Crippen LogP contribution >= 0.6 is 11.6 Å². The first-order valence-corrected chi connectivity index (χ1v) is 5.63. The summed E-state index contributed by atoms with van der Waals surface area (Å²) in [7, 11) is 1.58. The van der Waals surface area contributed by atoms with Crippen molar-refractivity contribution in [2.45, 2.75) is 13.0 Å². The first-order valence-electron chi connectivity index (χ1n) is 5.09. The van der Waals surface area contributed by atoms with E-state index in [2.05, 4.69) is 5.32 Å². The van der Waals surface area contributed by atoms with Gasteiger partial charge in [-0.2, -0.15) is 0 Å². The minimum Gasteiger partial charge on any atom is -0.383 e. The van der Waals surface area contributed by atoms with Crippen LogP contribution in [0.1, 0.15) is 15.9 Å². The lowest BCUT2D eigenvalue weighted by molar-refractivity contribution is 0.0907. The Morgan fingerprint density at radius 2 is 2.06 bits per heavy atom. The zero-order valence-corrected chi connectivity index (χ0v) is 10.3. The van der Waals surface area contributed by atoms with Gasteiger partial charge in [0.15, 0.2) is 0 Å². The number of carbonyl (C=O) groups excluding carboxylic acids is 1. The maximum absolute atomic E-state index is 11.8. The fraction of sp³-hybridized carbons (Fsp3) is 0.417. The van der Waals surface area contributed by atoms with Gasteiger partial charge < -0.3 is 10.1 Å². The maximum Gasteiger partial charge on any atom is 0.251 e. The Morgan fingerprint density at radius 1 is 1.44 bits per heavy atom. The molecule has 0 saturated carbocycles. The quantitative estimate of drug-likeness (QED) is 0.801. The number of amides is 1. The minimum absolute atomic E-state index is 0.122. The number of methoxy groups -OCH3 is 1. The van der Waals surface area contributed by atoms with Crippen LogP contribution in [-0.2, 0) is 4.74 Å². The Bertz CT molecular complexity index is 337. The van der Waals surface area contributed by atoms with E-state index in [-0.39, 0.29) is 11.9 Å². The Labute approximate surface area is 101 Å². The summed E-state index contributed by atoms with van der Waals surface area (Å²) in [5.41, 5.74) is 1.76. The summed E-state index contributed by atoms with van der Waals surface area (Å²) in [6.45, 7) is 2.40. The highest BCUT2D eigenvalue weighted by molar-refractivity contribution is 6.18. The standard InChI is InChI=1S/C12H16ClNO2/c1-9-3-5-10(6-4-9)12(15)14-11(7-13)8-16-2/h3-6,11H,7-8H2,1-2H3,(H,14,15). The van der Waals surface area contributed by atoms with Crippen molar-refractivity contribution < 1.29 is 9.53 Å². The summed E-state index contributed by atoms with van der Waals surface area (Å²) >= 11 is 5.71. The number of benzene rings is 1. The molecule has 0 aliphatic carbocycles. The Kier molecular flexibility index (Phi) is 5.29. The number of hydrogen-bond donors (Lipinski definition) is 1. The van der Waals surface area contributed by atoms with E-state index >= 15 is 0 Å². The lowest BCUT2D eigenvalue weighted by Crippen LogP contribution is -2.39. The van der Waals surface area contributed by atoms with Gasteiger partial charge >= 0.3 is 0 Å². The smallest absolute Gasteiger partial charge is 0.251 e. The number of carbonyl (C=O) groups is 1. The number of aryl methyl sites for hydroxylation is 1. The molecule has 1 rings (SSSR count). The number of rotatable bonds is 5. The first kappa shape index (κ1) is 13.0. The third-order valence-electron chi connectivity index (χ3n) is 2.20. The van der Waals surface area contributed by atoms with Crippen molar-refractivity contribution in [1.82, 2.24) is 5.32 Å². The molecule has 3 nitrogen and oxygen atoms in total. The molecular weight excluding hydrogens is 226 g/mol. The van der Waals surface area contributed by atoms with E-state index < -0.39 is 0 Å². The van der Waals surface area contributed by atoms with Crippen LogP contribution in [0.4, 0.5) is 0 Å². The Balaban J connectivity index is 2.60. The van der Waals surface area contributed by atoms with Gasteiger partial charge in [0.2, 0.25) is 0 Å². The molecule has 1 N–H and O–H groups in total. The largest absolute Gasteiger partial charge is 0.383 e. The van der Waals surface area contributed by atoms with E-state index in [0.717, 1.165) is 5.56 Å². The van der Waals surface area contributed by atoms with Crippen molar-refractivity contribution in [1.29, 1.82) is 0 Å². The lowest BCUT2D eigenvalue weighted by atomic mass is 10.1. The molecule has 0 bridgehead atoms. The summed E-state index contributed by atoms with van der Waals surface area (Å²) in [6.07, 6.45) is 0. The topological polar surface area (TPSA) is 38.3 Å². The third-order valence-corrected chi connectivity index (χ3v) is 2.58. The zero-order chi connectivity index (χ0) is 12.0. The average Bonchev–Trinajstić information content (AvgIpc) is 2.29. The van der Waals surface area contributed by atoms with E-state index in [9.17, 15) is 4.79 Å². The fourth-order valence-electron chi connectivity index (χ4n) is 1.30. The molecule has 0 spiro atoms. The van der Waals surface area contributed by atoms with Gasteiger partial charge in [-0.1, -0.05) is 17.7 Å². The molecular formula is C12H16ClNO2. The van der Waals surface area contributed by atoms with Crippen molar-refractivity contribution in [2.24, 2.45) is 0 Å². The van der Waals surface area contributed by atoms with E-state index in [4.69, 9.17) is 16.3 Å². The maximum atomic E-state index is 11.8. The molecule has 88 valence electrons. The predicted octanol–water partition coefficient (Wildman–Crippen LogP) is 1.98. The number of hydrogen-bond acceptors (Lipinski definition) is 2. The van der Waals surface area contributed by atoms with Gasteiger partial charge in [0.05, 0.1) is 12.6 Å². The second-order valence-corrected chi connectivity index (χ2v) is 3.95. The molecule has 0 radical (unpaired) electrons. The van der Waals surface area contributed by atoms with Gasteiger partial charge in [-0.3, -0.25) is 4.79 Å². The van der Waals surface area contributed by atoms with Crippen LogP contribution in [-0.4, -0.2) is 31.5 Å². The zero-order valence-electron chi connectivity index (χ0n) is 9.50. The molecule has 0 fully saturated rings. The van der Waals surface area contributed by atoms with E-state index in [1.807, 2.05) is 19.1 Å². The fourth-order valence-corrected chi connectivity index (χ4v) is 1.47. The molecule has 1 aromatic rings. The molecule has 0 aliphatic rings. The number of halogens is 1. The van der Waals surface area contributed by atoms with E-state index in [1.165, 1.54) is 0 Å². The van der Waals surface area contributed by atoms with E-state index in [1.54, 1.807) is 19.2 Å². The van der Waals surface area contributed by atoms with E-state index in [0.29, 0.717) is 18.1 Å². The minimum atomic E-state index is -0.152. The van der Waals surface area contributed by atoms with Crippen LogP contribution in [0.25, 0.3) is 0 Å². The predicted molar refractivity (Wildman–Crippen MR) is 65.0 cm³/mol. The van der Waals surface area contributed by atoms with Crippen molar-refractivity contribution in [2.75, 3.05) is 19.6 Å². The lowest BCUT2D eigenvalue weighted by Gasteiger charge is -2.14. The van der Waals surface area contributed by atoms with Crippen LogP contribution in [0.2, 0.25) is 0 Å². The molecule has 1 aromatic carbocycles. The van der Waals surface area contributed by atoms with Gasteiger partial charge in [0.1, 0.15) is 0 Å². The highest BCUT2D eigenvalue weighted by Crippen LogP contribution is 2.03. The summed E-state index contributed by atoms with van der Waals surface area (Å²) < 4.78 is 4.95. The molecule has 0 saturated heterocycles. The second-order valence-electron chi connectivity index (χ2n) is 3.65. The monoisotopic (exact) mass is 241 g/mol. The average molecular weight is 242 g/mol. The summed E-state index contributed by atoms with van der Waals surface area (Å²) in [5.74, 6) is 0.216. The van der Waals surface area contributed by atoms with Crippen molar-refractivity contribution >= 4 is 17.5 Å². The van der Waals surface area contributed by atoms with Gasteiger partial charge in [-0.25, -0.2) is 0 Å². The first-order chi connectivity index (χ1) is 7.67. The highest BCUT2D eigenvalue weighted by Gasteiger charge is 2.12. The number of ether oxygens (including phenoxy) is 1. The SMILES string of the molecule is COCC(CCl)NC(=O)c1ccc(C)cc1. The summed E-state index contributed by atoms with van der Waals surface area (Å²) in [4.78, 5) is 11.8.